The predicted octanol–water partition coefficient (Wildman–Crippen LogP) is 8.50. The minimum atomic E-state index is -2.99. The average Bonchev–Trinajstić information content (AvgIpc) is 3.78. The van der Waals surface area contributed by atoms with E-state index < -0.39 is 21.3 Å². The molecule has 0 nitrogen and oxygen atoms in total. The molecule has 0 aliphatic heterocycles. The summed E-state index contributed by atoms with van der Waals surface area (Å²) in [5.74, 6) is 0. The maximum atomic E-state index is 2.67. The summed E-state index contributed by atoms with van der Waals surface area (Å²) in [5, 5.41) is 0. The third kappa shape index (κ3) is 10.2. The van der Waals surface area contributed by atoms with Crippen LogP contribution >= 0.6 is 0 Å². The molecule has 4 aromatic carbocycles. The van der Waals surface area contributed by atoms with Crippen LogP contribution in [-0.2, 0) is 62.2 Å². The first-order chi connectivity index (χ1) is 26.2. The Morgan fingerprint density at radius 1 is 0.569 bits per heavy atom. The maximum Gasteiger partial charge on any atom is -1.00 e. The number of fused-ring (bicyclic) bond motifs is 3. The molecule has 2 aliphatic rings. The van der Waals surface area contributed by atoms with Gasteiger partial charge in [-0.1, -0.05) is 0 Å². The van der Waals surface area contributed by atoms with Crippen LogP contribution in [-0.4, -0.2) is 3.21 Å². The van der Waals surface area contributed by atoms with E-state index in [4.69, 9.17) is 0 Å². The molecular formula is C55H72Cl2Zr. The van der Waals surface area contributed by atoms with E-state index in [1.54, 1.807) is 20.9 Å². The molecule has 3 heteroatoms. The van der Waals surface area contributed by atoms with Crippen molar-refractivity contribution in [3.8, 4) is 11.1 Å². The third-order valence-electron chi connectivity index (χ3n) is 12.2. The van der Waals surface area contributed by atoms with E-state index in [0.717, 1.165) is 25.7 Å². The van der Waals surface area contributed by atoms with Gasteiger partial charge in [0.2, 0.25) is 0 Å². The molecule has 310 valence electrons. The Hall–Kier alpha value is -2.31. The Morgan fingerprint density at radius 2 is 1.03 bits per heavy atom. The van der Waals surface area contributed by atoms with Gasteiger partial charge in [-0.2, -0.15) is 0 Å². The number of benzene rings is 4. The molecule has 0 heterocycles. The van der Waals surface area contributed by atoms with Crippen LogP contribution in [0.3, 0.4) is 0 Å². The van der Waals surface area contributed by atoms with Gasteiger partial charge in [-0.15, -0.1) is 0 Å². The number of unbranched alkanes of at least 4 members (excludes halogenated alkanes) is 2. The molecule has 6 rings (SSSR count). The summed E-state index contributed by atoms with van der Waals surface area (Å²) >= 11 is -2.99. The second kappa shape index (κ2) is 18.8. The van der Waals surface area contributed by atoms with E-state index in [2.05, 4.69) is 182 Å². The van der Waals surface area contributed by atoms with Crippen molar-refractivity contribution in [1.29, 1.82) is 0 Å². The van der Waals surface area contributed by atoms with Gasteiger partial charge in [0.25, 0.3) is 0 Å². The molecule has 0 unspecified atom stereocenters. The standard InChI is InChI=1S/C29H41.C21H26.C5H5.2ClH.Zr/c1-26(2,3)22-14-18-13-19-15-23(27(4,5)6)25(29(10,11)12)17-21(19)20(18)16-24(22)28(7,8)9;1-3-5-7-18-9-13-20(14-10-18)17-21-15-11-19(12-16-21)8-6-4-2;1-2-4-5-3-1;;;/h14,16-17H,13H2,1-12H3;9-16H,3-8H2,1-2H3;1-3H,4H2;2*1H;/q;;;;;+2/p-2. The molecule has 0 atom stereocenters. The van der Waals surface area contributed by atoms with Crippen LogP contribution in [0.15, 0.2) is 88.2 Å². The zero-order chi connectivity index (χ0) is 40.8. The minimum absolute atomic E-state index is 0. The van der Waals surface area contributed by atoms with Gasteiger partial charge in [-0.3, -0.25) is 0 Å². The summed E-state index contributed by atoms with van der Waals surface area (Å²) in [7, 11) is 0. The van der Waals surface area contributed by atoms with Gasteiger partial charge >= 0.3 is 353 Å². The van der Waals surface area contributed by atoms with Crippen LogP contribution in [0.5, 0.6) is 0 Å². The van der Waals surface area contributed by atoms with E-state index in [-0.39, 0.29) is 46.5 Å². The fraction of sp³-hybridized carbons (Fsp3) is 0.473. The van der Waals surface area contributed by atoms with Crippen molar-refractivity contribution in [2.75, 3.05) is 0 Å². The Kier molecular flexibility index (Phi) is 15.6. The minimum Gasteiger partial charge on any atom is -1.00 e. The van der Waals surface area contributed by atoms with Crippen LogP contribution in [0, 0.1) is 0 Å². The predicted molar refractivity (Wildman–Crippen MR) is 244 cm³/mol. The monoisotopic (exact) mass is 892 g/mol. The van der Waals surface area contributed by atoms with Gasteiger partial charge < -0.3 is 24.8 Å². The number of aryl methyl sites for hydroxylation is 2. The van der Waals surface area contributed by atoms with Crippen molar-refractivity contribution in [2.45, 2.75) is 170 Å². The SMILES string of the molecule is CCCCc1ccc([C](c2ccc(CCCC)cc2)=[Zr+2]([C]2=CC=CC2)[c]2c3c(cc(C(C)(C)C)c2C(C)(C)C)-c2cc(C(C)(C)C)c(C(C)(C)C)cc2C3)cc1.[Cl-].[Cl-]. The summed E-state index contributed by atoms with van der Waals surface area (Å²) in [6, 6.07) is 27.7. The first-order valence-electron chi connectivity index (χ1n) is 21.9. The van der Waals surface area contributed by atoms with Gasteiger partial charge in [0, 0.05) is 0 Å². The van der Waals surface area contributed by atoms with E-state index in [1.165, 1.54) is 81.3 Å². The quantitative estimate of drug-likeness (QED) is 0.132. The maximum absolute atomic E-state index is 2.99. The van der Waals surface area contributed by atoms with E-state index >= 15 is 0 Å². The van der Waals surface area contributed by atoms with Crippen molar-refractivity contribution < 1.29 is 46.1 Å². The van der Waals surface area contributed by atoms with Gasteiger partial charge in [-0.05, 0) is 0 Å². The average molecular weight is 895 g/mol. The van der Waals surface area contributed by atoms with Crippen molar-refractivity contribution in [1.82, 2.24) is 0 Å². The first kappa shape index (κ1) is 48.4. The van der Waals surface area contributed by atoms with Crippen LogP contribution in [0.25, 0.3) is 11.1 Å². The van der Waals surface area contributed by atoms with Crippen molar-refractivity contribution in [2.24, 2.45) is 0 Å². The molecule has 0 spiro atoms. The van der Waals surface area contributed by atoms with Crippen LogP contribution in [0.1, 0.15) is 185 Å². The summed E-state index contributed by atoms with van der Waals surface area (Å²) < 4.78 is 5.10. The second-order valence-electron chi connectivity index (χ2n) is 21.1. The van der Waals surface area contributed by atoms with Crippen LogP contribution < -0.4 is 28.1 Å². The molecule has 0 N–H and O–H groups in total. The van der Waals surface area contributed by atoms with E-state index in [9.17, 15) is 0 Å². The normalized spacial score (nSPS) is 13.6. The van der Waals surface area contributed by atoms with Crippen molar-refractivity contribution in [3.63, 3.8) is 0 Å². The summed E-state index contributed by atoms with van der Waals surface area (Å²) in [5.41, 5.74) is 18.2. The van der Waals surface area contributed by atoms with Crippen molar-refractivity contribution in [3.05, 3.63) is 144 Å². The summed E-state index contributed by atoms with van der Waals surface area (Å²) in [4.78, 5) is 0. The Balaban J connectivity index is 0.00000372. The van der Waals surface area contributed by atoms with Crippen LogP contribution in [0.2, 0.25) is 0 Å². The molecule has 0 fully saturated rings. The summed E-state index contributed by atoms with van der Waals surface area (Å²) in [6.45, 7) is 33.9. The number of rotatable bonds is 10. The van der Waals surface area contributed by atoms with Gasteiger partial charge in [0.1, 0.15) is 0 Å². The first-order valence-corrected chi connectivity index (χ1v) is 25.6. The van der Waals surface area contributed by atoms with E-state index in [1.807, 2.05) is 0 Å². The van der Waals surface area contributed by atoms with Crippen LogP contribution in [0.4, 0.5) is 0 Å². The molecule has 58 heavy (non-hydrogen) atoms. The Labute approximate surface area is 374 Å². The third-order valence-corrected chi connectivity index (χ3v) is 19.9. The van der Waals surface area contributed by atoms with Crippen molar-refractivity contribution >= 4 is 6.48 Å². The largest absolute Gasteiger partial charge is 1.00 e. The fourth-order valence-electron chi connectivity index (χ4n) is 9.24. The Morgan fingerprint density at radius 3 is 1.45 bits per heavy atom. The molecule has 0 amide bonds. The topological polar surface area (TPSA) is 0 Å². The fourth-order valence-corrected chi connectivity index (χ4v) is 18.3. The van der Waals surface area contributed by atoms with Gasteiger partial charge in [0.05, 0.1) is 0 Å². The number of hydrogen-bond acceptors (Lipinski definition) is 0. The molecule has 0 radical (unpaired) electrons. The van der Waals surface area contributed by atoms with E-state index in [0.29, 0.717) is 0 Å². The zero-order valence-electron chi connectivity index (χ0n) is 38.5. The molecule has 0 bridgehead atoms. The number of hydrogen-bond donors (Lipinski definition) is 0. The second-order valence-corrected chi connectivity index (χ2v) is 27.0. The molecule has 0 saturated carbocycles. The molecule has 0 aromatic heterocycles. The van der Waals surface area contributed by atoms with Gasteiger partial charge in [-0.25, -0.2) is 0 Å². The summed E-state index contributed by atoms with van der Waals surface area (Å²) in [6.07, 6.45) is 16.7. The number of allylic oxidation sites excluding steroid dienone is 4. The van der Waals surface area contributed by atoms with Gasteiger partial charge in [0.15, 0.2) is 0 Å². The molecule has 4 aromatic rings. The Bertz CT molecular complexity index is 2110. The molecular weight excluding hydrogens is 823 g/mol. The smallest absolute Gasteiger partial charge is 1.00 e. The molecule has 2 aliphatic carbocycles. The number of halogens is 2. The zero-order valence-corrected chi connectivity index (χ0v) is 42.5. The molecule has 0 saturated heterocycles.